The minimum Gasteiger partial charge on any atom is -0.497 e. The molecule has 0 amide bonds. The van der Waals surface area contributed by atoms with E-state index in [9.17, 15) is 4.79 Å². The largest absolute Gasteiger partial charge is 0.497 e. The smallest absolute Gasteiger partial charge is 0.143 e. The summed E-state index contributed by atoms with van der Waals surface area (Å²) in [7, 11) is 3.27. The van der Waals surface area contributed by atoms with Crippen LogP contribution in [0, 0.1) is 0 Å². The summed E-state index contributed by atoms with van der Waals surface area (Å²) in [5.74, 6) is 1.50. The topological polar surface area (TPSA) is 60.5 Å². The number of hydrogen-bond acceptors (Lipinski definition) is 5. The fourth-order valence-electron chi connectivity index (χ4n) is 4.26. The molecule has 1 N–H and O–H groups in total. The second-order valence-corrected chi connectivity index (χ2v) is 8.62. The van der Waals surface area contributed by atoms with Gasteiger partial charge >= 0.3 is 0 Å². The molecule has 0 unspecified atom stereocenters. The Morgan fingerprint density at radius 1 is 0.806 bits per heavy atom. The molecule has 1 heterocycles. The van der Waals surface area contributed by atoms with Crippen LogP contribution >= 0.6 is 11.6 Å². The van der Waals surface area contributed by atoms with Gasteiger partial charge in [0.2, 0.25) is 0 Å². The number of ether oxygens (including phenoxy) is 2. The van der Waals surface area contributed by atoms with Gasteiger partial charge in [0.15, 0.2) is 0 Å². The molecular formula is C30H23ClN2O3. The van der Waals surface area contributed by atoms with E-state index in [1.165, 1.54) is 0 Å². The first-order valence-corrected chi connectivity index (χ1v) is 11.7. The second-order valence-electron chi connectivity index (χ2n) is 8.18. The minimum atomic E-state index is 0.624. The Bertz CT molecular complexity index is 1610. The summed E-state index contributed by atoms with van der Waals surface area (Å²) in [6, 6.07) is 27.1. The fourth-order valence-corrected chi connectivity index (χ4v) is 4.43. The Morgan fingerprint density at radius 3 is 2.33 bits per heavy atom. The van der Waals surface area contributed by atoms with Crippen molar-refractivity contribution < 1.29 is 14.3 Å². The first kappa shape index (κ1) is 23.4. The summed E-state index contributed by atoms with van der Waals surface area (Å²) >= 11 is 6.27. The van der Waals surface area contributed by atoms with Crippen molar-refractivity contribution in [3.63, 3.8) is 0 Å². The molecule has 0 spiro atoms. The van der Waals surface area contributed by atoms with E-state index in [-0.39, 0.29) is 0 Å². The van der Waals surface area contributed by atoms with Gasteiger partial charge in [0.1, 0.15) is 17.8 Å². The molecule has 5 aromatic rings. The van der Waals surface area contributed by atoms with Crippen LogP contribution in [0.5, 0.6) is 11.5 Å². The van der Waals surface area contributed by atoms with E-state index in [0.717, 1.165) is 67.7 Å². The molecule has 1 aromatic heterocycles. The van der Waals surface area contributed by atoms with E-state index in [4.69, 9.17) is 26.1 Å². The van der Waals surface area contributed by atoms with Crippen molar-refractivity contribution in [2.45, 2.75) is 0 Å². The Kier molecular flexibility index (Phi) is 6.56. The quantitative estimate of drug-likeness (QED) is 0.145. The number of allylic oxidation sites excluding steroid dienone is 1. The van der Waals surface area contributed by atoms with Crippen molar-refractivity contribution >= 4 is 56.6 Å². The van der Waals surface area contributed by atoms with Gasteiger partial charge in [-0.2, -0.15) is 0 Å². The predicted octanol–water partition coefficient (Wildman–Crippen LogP) is 7.43. The molecule has 0 saturated carbocycles. The number of anilines is 2. The van der Waals surface area contributed by atoms with Crippen LogP contribution in [-0.2, 0) is 4.79 Å². The molecule has 0 bridgehead atoms. The third kappa shape index (κ3) is 4.61. The SMILES string of the molecule is COc1ccc(C(=CC=O)c2cccc(Nc3c4ccc(Cl)cc4nc4ccc(OC)cc34)c2)cc1. The summed E-state index contributed by atoms with van der Waals surface area (Å²) < 4.78 is 10.7. The maximum Gasteiger partial charge on any atom is 0.143 e. The molecule has 5 rings (SSSR count). The number of methoxy groups -OCH3 is 2. The number of nitrogens with zero attached hydrogens (tertiary/aromatic N) is 1. The summed E-state index contributed by atoms with van der Waals surface area (Å²) in [4.78, 5) is 16.3. The highest BCUT2D eigenvalue weighted by Gasteiger charge is 2.13. The van der Waals surface area contributed by atoms with Gasteiger partial charge in [0.05, 0.1) is 30.9 Å². The van der Waals surface area contributed by atoms with Crippen LogP contribution in [0.3, 0.4) is 0 Å². The van der Waals surface area contributed by atoms with Gasteiger partial charge in [-0.25, -0.2) is 4.98 Å². The van der Waals surface area contributed by atoms with Crippen molar-refractivity contribution in [1.29, 1.82) is 0 Å². The normalized spacial score (nSPS) is 11.5. The van der Waals surface area contributed by atoms with Crippen molar-refractivity contribution in [2.24, 2.45) is 0 Å². The molecule has 5 nitrogen and oxygen atoms in total. The number of pyridine rings is 1. The van der Waals surface area contributed by atoms with Gasteiger partial charge in [-0.3, -0.25) is 4.79 Å². The lowest BCUT2D eigenvalue weighted by Crippen LogP contribution is -1.97. The van der Waals surface area contributed by atoms with E-state index in [1.807, 2.05) is 84.9 Å². The van der Waals surface area contributed by atoms with Crippen LogP contribution in [0.25, 0.3) is 27.4 Å². The minimum absolute atomic E-state index is 0.624. The Balaban J connectivity index is 1.62. The number of fused-ring (bicyclic) bond motifs is 2. The van der Waals surface area contributed by atoms with E-state index in [2.05, 4.69) is 5.32 Å². The van der Waals surface area contributed by atoms with Gasteiger partial charge in [-0.1, -0.05) is 35.9 Å². The van der Waals surface area contributed by atoms with Crippen molar-refractivity contribution in [2.75, 3.05) is 19.5 Å². The number of rotatable bonds is 7. The zero-order valence-electron chi connectivity index (χ0n) is 19.8. The van der Waals surface area contributed by atoms with Crippen molar-refractivity contribution in [3.05, 3.63) is 107 Å². The molecule has 4 aromatic carbocycles. The molecule has 0 saturated heterocycles. The van der Waals surface area contributed by atoms with Gasteiger partial charge in [0, 0.05) is 21.5 Å². The number of aldehydes is 1. The van der Waals surface area contributed by atoms with Crippen LogP contribution in [0.1, 0.15) is 11.1 Å². The van der Waals surface area contributed by atoms with Gasteiger partial charge in [-0.05, 0) is 83.4 Å². The number of halogens is 1. The molecule has 0 aliphatic carbocycles. The molecule has 0 fully saturated rings. The fraction of sp³-hybridized carbons (Fsp3) is 0.0667. The van der Waals surface area contributed by atoms with E-state index < -0.39 is 0 Å². The molecule has 0 aliphatic heterocycles. The summed E-state index contributed by atoms with van der Waals surface area (Å²) in [5, 5.41) is 6.08. The van der Waals surface area contributed by atoms with Crippen LogP contribution in [0.15, 0.2) is 91.0 Å². The molecule has 0 aliphatic rings. The lowest BCUT2D eigenvalue weighted by Gasteiger charge is -2.16. The van der Waals surface area contributed by atoms with Crippen LogP contribution in [0.4, 0.5) is 11.4 Å². The van der Waals surface area contributed by atoms with Gasteiger partial charge < -0.3 is 14.8 Å². The van der Waals surface area contributed by atoms with E-state index in [1.54, 1.807) is 20.3 Å². The number of carbonyl (C=O) groups excluding carboxylic acids is 1. The molecular weight excluding hydrogens is 472 g/mol. The van der Waals surface area contributed by atoms with E-state index in [0.29, 0.717) is 5.02 Å². The van der Waals surface area contributed by atoms with Crippen molar-refractivity contribution in [1.82, 2.24) is 4.98 Å². The highest BCUT2D eigenvalue weighted by molar-refractivity contribution is 6.31. The van der Waals surface area contributed by atoms with Crippen LogP contribution in [-0.4, -0.2) is 25.5 Å². The average Bonchev–Trinajstić information content (AvgIpc) is 2.91. The average molecular weight is 495 g/mol. The zero-order valence-corrected chi connectivity index (χ0v) is 20.5. The lowest BCUT2D eigenvalue weighted by molar-refractivity contribution is -0.104. The zero-order chi connectivity index (χ0) is 25.1. The lowest BCUT2D eigenvalue weighted by atomic mass is 9.97. The van der Waals surface area contributed by atoms with E-state index >= 15 is 0 Å². The van der Waals surface area contributed by atoms with Crippen LogP contribution in [0.2, 0.25) is 5.02 Å². The second kappa shape index (κ2) is 10.1. The van der Waals surface area contributed by atoms with Crippen LogP contribution < -0.4 is 14.8 Å². The van der Waals surface area contributed by atoms with Gasteiger partial charge in [0.25, 0.3) is 0 Å². The molecule has 0 atom stereocenters. The maximum absolute atomic E-state index is 11.5. The number of nitrogens with one attached hydrogen (secondary N) is 1. The number of benzene rings is 4. The third-order valence-electron chi connectivity index (χ3n) is 6.02. The Hall–Kier alpha value is -4.35. The summed E-state index contributed by atoms with van der Waals surface area (Å²) in [6.45, 7) is 0. The maximum atomic E-state index is 11.5. The first-order chi connectivity index (χ1) is 17.6. The monoisotopic (exact) mass is 494 g/mol. The number of aromatic nitrogens is 1. The summed E-state index contributed by atoms with van der Waals surface area (Å²) in [6.07, 6.45) is 2.38. The highest BCUT2D eigenvalue weighted by Crippen LogP contribution is 2.37. The third-order valence-corrected chi connectivity index (χ3v) is 6.26. The molecule has 6 heteroatoms. The van der Waals surface area contributed by atoms with Gasteiger partial charge in [-0.15, -0.1) is 0 Å². The first-order valence-electron chi connectivity index (χ1n) is 11.3. The highest BCUT2D eigenvalue weighted by atomic mass is 35.5. The number of hydrogen-bond donors (Lipinski definition) is 1. The molecule has 178 valence electrons. The Morgan fingerprint density at radius 2 is 1.58 bits per heavy atom. The summed E-state index contributed by atoms with van der Waals surface area (Å²) in [5.41, 5.74) is 6.01. The molecule has 0 radical (unpaired) electrons. The Labute approximate surface area is 214 Å². The standard InChI is InChI=1S/C30H23ClN2O3/c1-35-23-9-6-19(7-10-23)25(14-15-34)20-4-3-5-22(16-20)32-30-26-12-8-21(31)17-29(26)33-28-13-11-24(36-2)18-27(28)30/h3-18H,1-2H3,(H,32,33). The number of carbonyl (C=O) groups is 1. The predicted molar refractivity (Wildman–Crippen MR) is 147 cm³/mol. The van der Waals surface area contributed by atoms with Crippen molar-refractivity contribution in [3.8, 4) is 11.5 Å². The molecule has 36 heavy (non-hydrogen) atoms.